The van der Waals surface area contributed by atoms with Gasteiger partial charge in [0.25, 0.3) is 0 Å². The predicted octanol–water partition coefficient (Wildman–Crippen LogP) is 1.74. The van der Waals surface area contributed by atoms with Crippen molar-refractivity contribution in [3.8, 4) is 0 Å². The Kier molecular flexibility index (Phi) is 4.76. The van der Waals surface area contributed by atoms with E-state index in [1.807, 2.05) is 6.08 Å². The van der Waals surface area contributed by atoms with Crippen LogP contribution in [0.25, 0.3) is 0 Å². The Morgan fingerprint density at radius 1 is 1.56 bits per heavy atom. The van der Waals surface area contributed by atoms with Gasteiger partial charge < -0.3 is 9.64 Å². The van der Waals surface area contributed by atoms with Crippen molar-refractivity contribution in [2.45, 2.75) is 19.8 Å². The van der Waals surface area contributed by atoms with Crippen molar-refractivity contribution in [3.63, 3.8) is 0 Å². The third-order valence-electron chi connectivity index (χ3n) is 2.45. The fourth-order valence-corrected chi connectivity index (χ4v) is 1.29. The molecule has 88 valence electrons. The van der Waals surface area contributed by atoms with Crippen LogP contribution >= 0.6 is 0 Å². The fraction of sp³-hybridized carbons (Fsp3) is 0.500. The first-order valence-electron chi connectivity index (χ1n) is 5.34. The third kappa shape index (κ3) is 3.88. The molecule has 0 atom stereocenters. The molecule has 16 heavy (non-hydrogen) atoms. The molecule has 0 unspecified atom stereocenters. The molecule has 0 saturated carbocycles. The predicted molar refractivity (Wildman–Crippen MR) is 64.2 cm³/mol. The van der Waals surface area contributed by atoms with Gasteiger partial charge >= 0.3 is 5.97 Å². The number of hydrogen-bond acceptors (Lipinski definition) is 4. The molecule has 1 rings (SSSR count). The summed E-state index contributed by atoms with van der Waals surface area (Å²) in [7, 11) is 1.37. The van der Waals surface area contributed by atoms with Crippen LogP contribution in [0.2, 0.25) is 0 Å². The van der Waals surface area contributed by atoms with Crippen molar-refractivity contribution in [2.75, 3.05) is 20.2 Å². The minimum Gasteiger partial charge on any atom is -0.469 e. The van der Waals surface area contributed by atoms with Crippen molar-refractivity contribution >= 4 is 11.7 Å². The number of carbonyl (C=O) groups excluding carboxylic acids is 1. The van der Waals surface area contributed by atoms with Crippen LogP contribution in [0.15, 0.2) is 29.5 Å². The molecule has 4 heteroatoms. The molecule has 1 fully saturated rings. The highest BCUT2D eigenvalue weighted by molar-refractivity contribution is 5.97. The van der Waals surface area contributed by atoms with E-state index in [4.69, 9.17) is 0 Å². The average Bonchev–Trinajstić information content (AvgIpc) is 2.14. The molecular weight excluding hydrogens is 204 g/mol. The highest BCUT2D eigenvalue weighted by atomic mass is 16.5. The van der Waals surface area contributed by atoms with Gasteiger partial charge in [-0.3, -0.25) is 9.79 Å². The Hall–Kier alpha value is -1.58. The first kappa shape index (κ1) is 12.5. The van der Waals surface area contributed by atoms with Crippen molar-refractivity contribution in [1.29, 1.82) is 0 Å². The quantitative estimate of drug-likeness (QED) is 0.404. The highest BCUT2D eigenvalue weighted by Gasteiger charge is 2.12. The molecule has 4 nitrogen and oxygen atoms in total. The number of hydrogen-bond donors (Lipinski definition) is 0. The van der Waals surface area contributed by atoms with Gasteiger partial charge in [0.05, 0.1) is 13.5 Å². The first-order chi connectivity index (χ1) is 7.63. The zero-order chi connectivity index (χ0) is 12.0. The summed E-state index contributed by atoms with van der Waals surface area (Å²) < 4.78 is 4.54. The summed E-state index contributed by atoms with van der Waals surface area (Å²) >= 11 is 0. The summed E-state index contributed by atoms with van der Waals surface area (Å²) in [6.45, 7) is 7.88. The third-order valence-corrected chi connectivity index (χ3v) is 2.45. The standard InChI is InChI=1S/C12H18N2O2/c1-10(9-12(15)16-3)13-6-5-11(2)14-7-4-8-14/h5-6H,2,4,7-9H2,1,3H3/b6-5-,13-10+. The number of allylic oxidation sites excluding steroid dienone is 1. The lowest BCUT2D eigenvalue weighted by atomic mass is 10.2. The Morgan fingerprint density at radius 3 is 2.75 bits per heavy atom. The Balaban J connectivity index is 2.35. The Morgan fingerprint density at radius 2 is 2.25 bits per heavy atom. The van der Waals surface area contributed by atoms with Gasteiger partial charge in [0, 0.05) is 30.7 Å². The lowest BCUT2D eigenvalue weighted by Crippen LogP contribution is -2.35. The van der Waals surface area contributed by atoms with Crippen LogP contribution in [0.1, 0.15) is 19.8 Å². The molecule has 0 bridgehead atoms. The van der Waals surface area contributed by atoms with Gasteiger partial charge in [-0.25, -0.2) is 0 Å². The van der Waals surface area contributed by atoms with Crippen LogP contribution in [0, 0.1) is 0 Å². The van der Waals surface area contributed by atoms with E-state index in [9.17, 15) is 4.79 Å². The zero-order valence-corrected chi connectivity index (χ0v) is 9.90. The number of esters is 1. The molecule has 1 saturated heterocycles. The lowest BCUT2D eigenvalue weighted by molar-refractivity contribution is -0.139. The van der Waals surface area contributed by atoms with Crippen molar-refractivity contribution in [1.82, 2.24) is 4.90 Å². The number of ether oxygens (including phenoxy) is 1. The summed E-state index contributed by atoms with van der Waals surface area (Å²) in [5.41, 5.74) is 1.71. The van der Waals surface area contributed by atoms with Crippen LogP contribution < -0.4 is 0 Å². The van der Waals surface area contributed by atoms with Crippen LogP contribution in [0.3, 0.4) is 0 Å². The van der Waals surface area contributed by atoms with Gasteiger partial charge in [0.2, 0.25) is 0 Å². The number of aliphatic imine (C=N–C) groups is 1. The van der Waals surface area contributed by atoms with Crippen LogP contribution in [0.5, 0.6) is 0 Å². The van der Waals surface area contributed by atoms with E-state index >= 15 is 0 Å². The summed E-state index contributed by atoms with van der Waals surface area (Å²) in [4.78, 5) is 17.3. The van der Waals surface area contributed by atoms with Gasteiger partial charge in [-0.2, -0.15) is 0 Å². The maximum Gasteiger partial charge on any atom is 0.311 e. The number of nitrogens with zero attached hydrogens (tertiary/aromatic N) is 2. The largest absolute Gasteiger partial charge is 0.469 e. The molecule has 1 heterocycles. The smallest absolute Gasteiger partial charge is 0.311 e. The maximum atomic E-state index is 10.9. The lowest BCUT2D eigenvalue weighted by Gasteiger charge is -2.33. The van der Waals surface area contributed by atoms with E-state index in [1.165, 1.54) is 13.5 Å². The van der Waals surface area contributed by atoms with Crippen molar-refractivity contribution < 1.29 is 9.53 Å². The van der Waals surface area contributed by atoms with Gasteiger partial charge in [0.15, 0.2) is 0 Å². The number of rotatable bonds is 5. The minimum atomic E-state index is -0.267. The second kappa shape index (κ2) is 6.10. The van der Waals surface area contributed by atoms with E-state index in [0.717, 1.165) is 24.5 Å². The van der Waals surface area contributed by atoms with Gasteiger partial charge in [0.1, 0.15) is 0 Å². The monoisotopic (exact) mass is 222 g/mol. The fourth-order valence-electron chi connectivity index (χ4n) is 1.29. The summed E-state index contributed by atoms with van der Waals surface area (Å²) in [6, 6.07) is 0. The van der Waals surface area contributed by atoms with Gasteiger partial charge in [-0.1, -0.05) is 6.58 Å². The second-order valence-electron chi connectivity index (χ2n) is 3.76. The molecule has 0 aliphatic carbocycles. The number of carbonyl (C=O) groups is 1. The van der Waals surface area contributed by atoms with Crippen LogP contribution in [-0.2, 0) is 9.53 Å². The molecule has 0 spiro atoms. The summed E-state index contributed by atoms with van der Waals surface area (Å²) in [6.07, 6.45) is 5.01. The summed E-state index contributed by atoms with van der Waals surface area (Å²) in [5, 5.41) is 0. The molecule has 1 aliphatic rings. The maximum absolute atomic E-state index is 10.9. The topological polar surface area (TPSA) is 41.9 Å². The van der Waals surface area contributed by atoms with E-state index in [0.29, 0.717) is 0 Å². The van der Waals surface area contributed by atoms with Gasteiger partial charge in [-0.05, 0) is 19.4 Å². The average molecular weight is 222 g/mol. The molecule has 1 aliphatic heterocycles. The zero-order valence-electron chi connectivity index (χ0n) is 9.90. The van der Waals surface area contributed by atoms with E-state index in [-0.39, 0.29) is 12.4 Å². The van der Waals surface area contributed by atoms with E-state index in [1.54, 1.807) is 13.1 Å². The first-order valence-corrected chi connectivity index (χ1v) is 5.34. The number of methoxy groups -OCH3 is 1. The highest BCUT2D eigenvalue weighted by Crippen LogP contribution is 2.13. The molecule has 0 radical (unpaired) electrons. The van der Waals surface area contributed by atoms with Gasteiger partial charge in [-0.15, -0.1) is 0 Å². The molecule has 0 N–H and O–H groups in total. The van der Waals surface area contributed by atoms with Crippen LogP contribution in [-0.4, -0.2) is 36.8 Å². The number of likely N-dealkylation sites (tertiary alicyclic amines) is 1. The molecule has 0 aromatic rings. The van der Waals surface area contributed by atoms with Crippen molar-refractivity contribution in [3.05, 3.63) is 24.6 Å². The van der Waals surface area contributed by atoms with E-state index in [2.05, 4.69) is 21.2 Å². The molecule has 0 aromatic carbocycles. The molecular formula is C12H18N2O2. The van der Waals surface area contributed by atoms with E-state index < -0.39 is 0 Å². The Labute approximate surface area is 96.3 Å². The second-order valence-corrected chi connectivity index (χ2v) is 3.76. The van der Waals surface area contributed by atoms with Crippen LogP contribution in [0.4, 0.5) is 0 Å². The SMILES string of the molecule is C=C(/C=C\N=C(/C)CC(=O)OC)N1CCC1. The molecule has 0 aromatic heterocycles. The normalized spacial score (nSPS) is 16.1. The summed E-state index contributed by atoms with van der Waals surface area (Å²) in [5.74, 6) is -0.267. The Bertz CT molecular complexity index is 328. The minimum absolute atomic E-state index is 0.233. The van der Waals surface area contributed by atoms with Crippen molar-refractivity contribution in [2.24, 2.45) is 4.99 Å². The molecule has 0 amide bonds.